The van der Waals surface area contributed by atoms with E-state index in [0.29, 0.717) is 18.1 Å². The smallest absolute Gasteiger partial charge is 0.266 e. The van der Waals surface area contributed by atoms with Crippen LogP contribution in [0.2, 0.25) is 0 Å². The maximum atomic E-state index is 12.5. The molecule has 124 valence electrons. The summed E-state index contributed by atoms with van der Waals surface area (Å²) in [6.07, 6.45) is 1.93. The summed E-state index contributed by atoms with van der Waals surface area (Å²) in [5, 5.41) is 2.72. The van der Waals surface area contributed by atoms with Crippen molar-refractivity contribution in [3.8, 4) is 5.75 Å². The lowest BCUT2D eigenvalue weighted by Crippen LogP contribution is -2.28. The molecular formula is C18H18N2O2S2. The van der Waals surface area contributed by atoms with Crippen LogP contribution in [0.5, 0.6) is 5.75 Å². The lowest BCUT2D eigenvalue weighted by Gasteiger charge is -2.12. The van der Waals surface area contributed by atoms with E-state index < -0.39 is 0 Å². The van der Waals surface area contributed by atoms with E-state index >= 15 is 0 Å². The van der Waals surface area contributed by atoms with Crippen molar-refractivity contribution in [2.24, 2.45) is 4.99 Å². The number of ether oxygens (including phenoxy) is 1. The Balaban J connectivity index is 1.85. The summed E-state index contributed by atoms with van der Waals surface area (Å²) in [5.74, 6) is 0.836. The number of rotatable bonds is 5. The third-order valence-electron chi connectivity index (χ3n) is 3.39. The molecule has 24 heavy (non-hydrogen) atoms. The Morgan fingerprint density at radius 3 is 2.62 bits per heavy atom. The summed E-state index contributed by atoms with van der Waals surface area (Å²) in [6, 6.07) is 11.6. The Kier molecular flexibility index (Phi) is 5.37. The van der Waals surface area contributed by atoms with E-state index in [9.17, 15) is 4.79 Å². The van der Waals surface area contributed by atoms with E-state index in [4.69, 9.17) is 4.74 Å². The molecule has 0 N–H and O–H groups in total. The highest BCUT2D eigenvalue weighted by atomic mass is 32.2. The second kappa shape index (κ2) is 7.68. The molecule has 0 atom stereocenters. The monoisotopic (exact) mass is 358 g/mol. The number of hydrogen-bond acceptors (Lipinski definition) is 5. The average Bonchev–Trinajstić information content (AvgIpc) is 3.19. The average molecular weight is 358 g/mol. The SMILES string of the molecule is CCOc1ccc(N=C2SC(=Cc3cccs3)C(=O)N2CC)cc1. The van der Waals surface area contributed by atoms with E-state index in [0.717, 1.165) is 21.5 Å². The molecule has 4 nitrogen and oxygen atoms in total. The minimum Gasteiger partial charge on any atom is -0.494 e. The second-order valence-corrected chi connectivity index (χ2v) is 6.99. The van der Waals surface area contributed by atoms with E-state index in [1.54, 1.807) is 16.2 Å². The largest absolute Gasteiger partial charge is 0.494 e. The highest BCUT2D eigenvalue weighted by molar-refractivity contribution is 8.18. The van der Waals surface area contributed by atoms with E-state index in [2.05, 4.69) is 4.99 Å². The summed E-state index contributed by atoms with van der Waals surface area (Å²) >= 11 is 3.04. The molecule has 0 saturated carbocycles. The predicted octanol–water partition coefficient (Wildman–Crippen LogP) is 4.77. The molecule has 3 rings (SSSR count). The molecule has 1 amide bonds. The number of aliphatic imine (C=N–C) groups is 1. The summed E-state index contributed by atoms with van der Waals surface area (Å²) in [7, 11) is 0. The molecule has 1 saturated heterocycles. The van der Waals surface area contributed by atoms with Gasteiger partial charge in [-0.05, 0) is 67.4 Å². The zero-order valence-corrected chi connectivity index (χ0v) is 15.2. The van der Waals surface area contributed by atoms with E-state index in [1.165, 1.54) is 11.8 Å². The molecule has 0 spiro atoms. The van der Waals surface area contributed by atoms with Gasteiger partial charge in [-0.15, -0.1) is 11.3 Å². The number of carbonyl (C=O) groups is 1. The van der Waals surface area contributed by atoms with Gasteiger partial charge in [0.15, 0.2) is 5.17 Å². The summed E-state index contributed by atoms with van der Waals surface area (Å²) in [4.78, 5) is 20.7. The molecule has 1 aromatic heterocycles. The van der Waals surface area contributed by atoms with Crippen molar-refractivity contribution < 1.29 is 9.53 Å². The van der Waals surface area contributed by atoms with Crippen LogP contribution in [0.4, 0.5) is 5.69 Å². The van der Waals surface area contributed by atoms with Crippen molar-refractivity contribution in [2.45, 2.75) is 13.8 Å². The normalized spacial score (nSPS) is 17.9. The summed E-state index contributed by atoms with van der Waals surface area (Å²) in [6.45, 7) is 5.15. The predicted molar refractivity (Wildman–Crippen MR) is 102 cm³/mol. The molecular weight excluding hydrogens is 340 g/mol. The van der Waals surface area contributed by atoms with Crippen molar-refractivity contribution in [3.05, 3.63) is 51.6 Å². The van der Waals surface area contributed by atoms with Crippen LogP contribution >= 0.6 is 23.1 Å². The van der Waals surface area contributed by atoms with Crippen LogP contribution in [0.15, 0.2) is 51.7 Å². The molecule has 0 unspecified atom stereocenters. The quantitative estimate of drug-likeness (QED) is 0.723. The second-order valence-electron chi connectivity index (χ2n) is 5.00. The summed E-state index contributed by atoms with van der Waals surface area (Å²) < 4.78 is 5.44. The van der Waals surface area contributed by atoms with Crippen molar-refractivity contribution in [2.75, 3.05) is 13.2 Å². The highest BCUT2D eigenvalue weighted by Gasteiger charge is 2.32. The number of thiophene rings is 1. The summed E-state index contributed by atoms with van der Waals surface area (Å²) in [5.41, 5.74) is 0.810. The molecule has 1 aromatic carbocycles. The molecule has 6 heteroatoms. The van der Waals surface area contributed by atoms with Crippen LogP contribution in [-0.2, 0) is 4.79 Å². The molecule has 0 aliphatic carbocycles. The lowest BCUT2D eigenvalue weighted by molar-refractivity contribution is -0.122. The van der Waals surface area contributed by atoms with Crippen LogP contribution < -0.4 is 4.74 Å². The number of thioether (sulfide) groups is 1. The standard InChI is InChI=1S/C18H18N2O2S2/c1-3-20-17(21)16(12-15-6-5-11-23-15)24-18(20)19-13-7-9-14(10-8-13)22-4-2/h5-12H,3-4H2,1-2H3. The van der Waals surface area contributed by atoms with Crippen LogP contribution in [-0.4, -0.2) is 29.1 Å². The van der Waals surface area contributed by atoms with Gasteiger partial charge < -0.3 is 4.74 Å². The number of benzene rings is 1. The third kappa shape index (κ3) is 3.71. The molecule has 1 fully saturated rings. The van der Waals surface area contributed by atoms with Crippen molar-refractivity contribution in [1.82, 2.24) is 4.90 Å². The first-order valence-corrected chi connectivity index (χ1v) is 9.47. The maximum absolute atomic E-state index is 12.5. The van der Waals surface area contributed by atoms with Crippen LogP contribution in [0.3, 0.4) is 0 Å². The van der Waals surface area contributed by atoms with Gasteiger partial charge in [0, 0.05) is 11.4 Å². The van der Waals surface area contributed by atoms with Gasteiger partial charge in [0.2, 0.25) is 0 Å². The maximum Gasteiger partial charge on any atom is 0.266 e. The molecule has 2 heterocycles. The molecule has 0 bridgehead atoms. The van der Waals surface area contributed by atoms with Gasteiger partial charge >= 0.3 is 0 Å². The molecule has 1 aliphatic rings. The molecule has 2 aromatic rings. The van der Waals surface area contributed by atoms with Gasteiger partial charge in [0.1, 0.15) is 5.75 Å². The topological polar surface area (TPSA) is 41.9 Å². The van der Waals surface area contributed by atoms with E-state index in [-0.39, 0.29) is 5.91 Å². The number of amidine groups is 1. The number of amides is 1. The van der Waals surface area contributed by atoms with Crippen LogP contribution in [0.25, 0.3) is 6.08 Å². The van der Waals surface area contributed by atoms with Gasteiger partial charge in [-0.25, -0.2) is 4.99 Å². The fourth-order valence-corrected chi connectivity index (χ4v) is 4.05. The van der Waals surface area contributed by atoms with E-state index in [1.807, 2.05) is 61.7 Å². The van der Waals surface area contributed by atoms with Gasteiger partial charge in [-0.1, -0.05) is 6.07 Å². The molecule has 1 aliphatic heterocycles. The van der Waals surface area contributed by atoms with Crippen LogP contribution in [0.1, 0.15) is 18.7 Å². The lowest BCUT2D eigenvalue weighted by atomic mass is 10.3. The number of carbonyl (C=O) groups excluding carboxylic acids is 1. The minimum atomic E-state index is 0.0144. The molecule has 0 radical (unpaired) electrons. The zero-order valence-electron chi connectivity index (χ0n) is 13.6. The van der Waals surface area contributed by atoms with Crippen molar-refractivity contribution >= 4 is 45.9 Å². The van der Waals surface area contributed by atoms with Gasteiger partial charge in [-0.3, -0.25) is 9.69 Å². The van der Waals surface area contributed by atoms with Crippen molar-refractivity contribution in [1.29, 1.82) is 0 Å². The third-order valence-corrected chi connectivity index (χ3v) is 5.22. The Morgan fingerprint density at radius 2 is 2.00 bits per heavy atom. The first-order valence-electron chi connectivity index (χ1n) is 7.77. The van der Waals surface area contributed by atoms with Gasteiger partial charge in [0.05, 0.1) is 17.2 Å². The Hall–Kier alpha value is -2.05. The Bertz CT molecular complexity index is 765. The fraction of sp³-hybridized carbons (Fsp3) is 0.222. The first kappa shape index (κ1) is 16.8. The number of hydrogen-bond donors (Lipinski definition) is 0. The number of likely N-dealkylation sites (N-methyl/N-ethyl adjacent to an activating group) is 1. The van der Waals surface area contributed by atoms with Crippen LogP contribution in [0, 0.1) is 0 Å². The minimum absolute atomic E-state index is 0.0144. The van der Waals surface area contributed by atoms with Gasteiger partial charge in [-0.2, -0.15) is 0 Å². The van der Waals surface area contributed by atoms with Gasteiger partial charge in [0.25, 0.3) is 5.91 Å². The number of nitrogens with zero attached hydrogens (tertiary/aromatic N) is 2. The van der Waals surface area contributed by atoms with Crippen molar-refractivity contribution in [3.63, 3.8) is 0 Å². The Labute approximate surface area is 149 Å². The zero-order chi connectivity index (χ0) is 16.9. The Morgan fingerprint density at radius 1 is 1.21 bits per heavy atom. The fourth-order valence-electron chi connectivity index (χ4n) is 2.27. The first-order chi connectivity index (χ1) is 11.7. The highest BCUT2D eigenvalue weighted by Crippen LogP contribution is 2.34.